The van der Waals surface area contributed by atoms with Gasteiger partial charge in [-0.05, 0) is 44.2 Å². The number of ether oxygens (including phenoxy) is 2. The van der Waals surface area contributed by atoms with Gasteiger partial charge in [0.2, 0.25) is 5.91 Å². The van der Waals surface area contributed by atoms with Crippen molar-refractivity contribution in [2.75, 3.05) is 24.7 Å². The number of aliphatic hydroxyl groups excluding tert-OH is 1. The SMILES string of the molecule is C=CCN(C(=O)[C@@H]1N([C@@H](CO)[C@@H](C)CC)C(=O)[C@H]2[C@H](C(=O)OCC)[C@@H]3CC[C@]12O3)c1c(C)cccc1Cl. The normalized spacial score (nSPS) is 29.7. The summed E-state index contributed by atoms with van der Waals surface area (Å²) >= 11 is 6.58. The summed E-state index contributed by atoms with van der Waals surface area (Å²) in [7, 11) is 0. The maximum Gasteiger partial charge on any atom is 0.312 e. The van der Waals surface area contributed by atoms with Gasteiger partial charge in [-0.15, -0.1) is 6.58 Å². The van der Waals surface area contributed by atoms with Gasteiger partial charge in [0, 0.05) is 6.54 Å². The number of para-hydroxylation sites is 1. The Morgan fingerprint density at radius 1 is 1.41 bits per heavy atom. The van der Waals surface area contributed by atoms with Crippen molar-refractivity contribution in [3.05, 3.63) is 41.4 Å². The molecule has 37 heavy (non-hydrogen) atoms. The molecule has 3 fully saturated rings. The lowest BCUT2D eigenvalue weighted by atomic mass is 9.70. The molecule has 7 atom stereocenters. The van der Waals surface area contributed by atoms with Gasteiger partial charge < -0.3 is 24.4 Å². The molecule has 3 aliphatic rings. The van der Waals surface area contributed by atoms with Crippen molar-refractivity contribution in [3.63, 3.8) is 0 Å². The van der Waals surface area contributed by atoms with Crippen molar-refractivity contribution in [1.82, 2.24) is 4.90 Å². The van der Waals surface area contributed by atoms with Crippen LogP contribution >= 0.6 is 11.6 Å². The van der Waals surface area contributed by atoms with Crippen molar-refractivity contribution >= 4 is 35.1 Å². The van der Waals surface area contributed by atoms with E-state index in [1.807, 2.05) is 32.9 Å². The Labute approximate surface area is 223 Å². The Balaban J connectivity index is 1.87. The number of aryl methyl sites for hydroxylation is 1. The largest absolute Gasteiger partial charge is 0.466 e. The van der Waals surface area contributed by atoms with E-state index in [1.54, 1.807) is 24.0 Å². The van der Waals surface area contributed by atoms with E-state index in [2.05, 4.69) is 6.58 Å². The van der Waals surface area contributed by atoms with Crippen LogP contribution in [0.15, 0.2) is 30.9 Å². The molecule has 3 saturated heterocycles. The predicted molar refractivity (Wildman–Crippen MR) is 140 cm³/mol. The molecule has 0 aromatic heterocycles. The van der Waals surface area contributed by atoms with E-state index < -0.39 is 41.6 Å². The highest BCUT2D eigenvalue weighted by Crippen LogP contribution is 2.59. The van der Waals surface area contributed by atoms with E-state index in [-0.39, 0.29) is 37.5 Å². The highest BCUT2D eigenvalue weighted by Gasteiger charge is 2.75. The Morgan fingerprint density at radius 2 is 2.14 bits per heavy atom. The quantitative estimate of drug-likeness (QED) is 0.366. The summed E-state index contributed by atoms with van der Waals surface area (Å²) in [6, 6.07) is 3.75. The fraction of sp³-hybridized carbons (Fsp3) is 0.607. The first-order valence-electron chi connectivity index (χ1n) is 13.1. The summed E-state index contributed by atoms with van der Waals surface area (Å²) in [5, 5.41) is 10.9. The monoisotopic (exact) mass is 532 g/mol. The predicted octanol–water partition coefficient (Wildman–Crippen LogP) is 3.51. The van der Waals surface area contributed by atoms with Crippen LogP contribution in [0.3, 0.4) is 0 Å². The van der Waals surface area contributed by atoms with Crippen molar-refractivity contribution in [1.29, 1.82) is 0 Å². The molecule has 0 aliphatic carbocycles. The number of halogens is 1. The number of carbonyl (C=O) groups excluding carboxylic acids is 3. The number of rotatable bonds is 10. The summed E-state index contributed by atoms with van der Waals surface area (Å²) < 4.78 is 11.8. The summed E-state index contributed by atoms with van der Waals surface area (Å²) in [5.41, 5.74) is 0.153. The second-order valence-electron chi connectivity index (χ2n) is 10.3. The Hall–Kier alpha value is -2.42. The number of amides is 2. The van der Waals surface area contributed by atoms with Crippen molar-refractivity contribution < 1.29 is 29.0 Å². The number of nitrogens with zero attached hydrogens (tertiary/aromatic N) is 2. The molecule has 0 unspecified atom stereocenters. The third-order valence-corrected chi connectivity index (χ3v) is 8.72. The van der Waals surface area contributed by atoms with Crippen molar-refractivity contribution in [2.45, 2.75) is 70.7 Å². The van der Waals surface area contributed by atoms with E-state index in [0.717, 1.165) is 5.56 Å². The van der Waals surface area contributed by atoms with Gasteiger partial charge in [0.25, 0.3) is 5.91 Å². The van der Waals surface area contributed by atoms with Crippen LogP contribution in [0.5, 0.6) is 0 Å². The van der Waals surface area contributed by atoms with Crippen LogP contribution in [0.2, 0.25) is 5.02 Å². The molecule has 1 spiro atoms. The number of fused-ring (bicyclic) bond motifs is 1. The molecule has 1 N–H and O–H groups in total. The molecule has 9 heteroatoms. The summed E-state index contributed by atoms with van der Waals surface area (Å²) in [6.45, 7) is 11.4. The Kier molecular flexibility index (Phi) is 8.02. The first kappa shape index (κ1) is 27.6. The van der Waals surface area contributed by atoms with Crippen LogP contribution in [0.25, 0.3) is 0 Å². The number of carbonyl (C=O) groups is 3. The van der Waals surface area contributed by atoms with Crippen molar-refractivity contribution in [3.8, 4) is 0 Å². The zero-order chi connectivity index (χ0) is 27.1. The van der Waals surface area contributed by atoms with E-state index >= 15 is 0 Å². The zero-order valence-electron chi connectivity index (χ0n) is 22.0. The Bertz CT molecular complexity index is 1060. The van der Waals surface area contributed by atoms with Crippen LogP contribution in [0.4, 0.5) is 5.69 Å². The van der Waals surface area contributed by atoms with Gasteiger partial charge in [-0.25, -0.2) is 0 Å². The lowest BCUT2D eigenvalue weighted by Gasteiger charge is -2.41. The number of hydrogen-bond donors (Lipinski definition) is 1. The van der Waals surface area contributed by atoms with Gasteiger partial charge in [-0.2, -0.15) is 0 Å². The number of benzene rings is 1. The Morgan fingerprint density at radius 3 is 2.73 bits per heavy atom. The van der Waals surface area contributed by atoms with Gasteiger partial charge >= 0.3 is 5.97 Å². The first-order chi connectivity index (χ1) is 17.7. The van der Waals surface area contributed by atoms with Crippen LogP contribution in [0.1, 0.15) is 45.6 Å². The van der Waals surface area contributed by atoms with E-state index in [0.29, 0.717) is 30.0 Å². The van der Waals surface area contributed by atoms with Gasteiger partial charge in [-0.1, -0.05) is 50.1 Å². The minimum atomic E-state index is -1.19. The molecule has 2 bridgehead atoms. The smallest absolute Gasteiger partial charge is 0.312 e. The standard InChI is InChI=1S/C28H37ClN2O6/c1-6-14-30(23-17(5)10-9-11-18(23)29)26(34)24-28-13-12-20(37-28)21(27(35)36-8-3)22(28)25(33)31(24)19(15-32)16(4)7-2/h6,9-11,16,19-22,24,32H,1,7-8,12-15H2,2-5H3/t16-,19-,20-,21+,22+,24-,28+/m0/s1. The maximum atomic E-state index is 14.6. The van der Waals surface area contributed by atoms with E-state index in [9.17, 15) is 19.5 Å². The summed E-state index contributed by atoms with van der Waals surface area (Å²) in [6.07, 6.45) is 2.82. The fourth-order valence-corrected chi connectivity index (χ4v) is 6.91. The van der Waals surface area contributed by atoms with E-state index in [4.69, 9.17) is 21.1 Å². The molecule has 0 saturated carbocycles. The van der Waals surface area contributed by atoms with Gasteiger partial charge in [0.15, 0.2) is 0 Å². The lowest BCUT2D eigenvalue weighted by Crippen LogP contribution is -2.60. The average Bonchev–Trinajstić information content (AvgIpc) is 3.51. The molecule has 1 aromatic carbocycles. The molecule has 0 radical (unpaired) electrons. The van der Waals surface area contributed by atoms with Crippen LogP contribution in [-0.4, -0.2) is 71.3 Å². The average molecular weight is 533 g/mol. The second kappa shape index (κ2) is 10.8. The fourth-order valence-electron chi connectivity index (χ4n) is 6.58. The maximum absolute atomic E-state index is 14.6. The molecule has 3 heterocycles. The lowest BCUT2D eigenvalue weighted by molar-refractivity contribution is -0.155. The highest BCUT2D eigenvalue weighted by atomic mass is 35.5. The minimum Gasteiger partial charge on any atom is -0.466 e. The number of anilines is 1. The molecular weight excluding hydrogens is 496 g/mol. The molecule has 2 amide bonds. The van der Waals surface area contributed by atoms with Crippen LogP contribution in [0, 0.1) is 24.7 Å². The topological polar surface area (TPSA) is 96.4 Å². The number of hydrogen-bond acceptors (Lipinski definition) is 6. The molecule has 4 rings (SSSR count). The van der Waals surface area contributed by atoms with Crippen molar-refractivity contribution in [2.24, 2.45) is 17.8 Å². The molecule has 8 nitrogen and oxygen atoms in total. The summed E-state index contributed by atoms with van der Waals surface area (Å²) in [5.74, 6) is -2.91. The number of likely N-dealkylation sites (tertiary alicyclic amines) is 1. The first-order valence-corrected chi connectivity index (χ1v) is 13.5. The third-order valence-electron chi connectivity index (χ3n) is 8.41. The number of esters is 1. The van der Waals surface area contributed by atoms with E-state index in [1.165, 1.54) is 4.90 Å². The third kappa shape index (κ3) is 4.27. The molecule has 1 aromatic rings. The highest BCUT2D eigenvalue weighted by molar-refractivity contribution is 6.34. The van der Waals surface area contributed by atoms with Gasteiger partial charge in [-0.3, -0.25) is 14.4 Å². The minimum absolute atomic E-state index is 0.0902. The summed E-state index contributed by atoms with van der Waals surface area (Å²) in [4.78, 5) is 44.9. The molecule has 202 valence electrons. The zero-order valence-corrected chi connectivity index (χ0v) is 22.7. The second-order valence-corrected chi connectivity index (χ2v) is 10.7. The van der Waals surface area contributed by atoms with Gasteiger partial charge in [0.05, 0.1) is 47.9 Å². The molecular formula is C28H37ClN2O6. The molecule has 3 aliphatic heterocycles. The van der Waals surface area contributed by atoms with Crippen LogP contribution < -0.4 is 4.90 Å². The van der Waals surface area contributed by atoms with Crippen LogP contribution in [-0.2, 0) is 23.9 Å². The number of aliphatic hydroxyl groups is 1. The van der Waals surface area contributed by atoms with Gasteiger partial charge in [0.1, 0.15) is 11.6 Å².